The molecule has 1 saturated heterocycles. The van der Waals surface area contributed by atoms with Crippen molar-refractivity contribution in [1.29, 1.82) is 5.41 Å². The summed E-state index contributed by atoms with van der Waals surface area (Å²) in [4.78, 5) is 13.9. The fourth-order valence-corrected chi connectivity index (χ4v) is 2.12. The Labute approximate surface area is 106 Å². The maximum absolute atomic E-state index is 12.0. The first-order chi connectivity index (χ1) is 8.68. The molecule has 18 heavy (non-hydrogen) atoms. The maximum atomic E-state index is 12.0. The van der Waals surface area contributed by atoms with E-state index in [2.05, 4.69) is 5.32 Å². The lowest BCUT2D eigenvalue weighted by Gasteiger charge is -2.27. The molecule has 4 N–H and O–H groups in total. The van der Waals surface area contributed by atoms with Gasteiger partial charge in [-0.3, -0.25) is 5.41 Å². The highest BCUT2D eigenvalue weighted by atomic mass is 16.2. The van der Waals surface area contributed by atoms with E-state index in [9.17, 15) is 4.79 Å². The predicted molar refractivity (Wildman–Crippen MR) is 71.9 cm³/mol. The summed E-state index contributed by atoms with van der Waals surface area (Å²) >= 11 is 0. The first kappa shape index (κ1) is 12.4. The number of nitrogens with two attached hydrogens (primary N) is 1. The Morgan fingerprint density at radius 3 is 2.56 bits per heavy atom. The van der Waals surface area contributed by atoms with Crippen LogP contribution in [0.15, 0.2) is 24.3 Å². The number of anilines is 1. The van der Waals surface area contributed by atoms with Gasteiger partial charge in [0.1, 0.15) is 5.84 Å². The first-order valence-electron chi connectivity index (χ1n) is 6.18. The third-order valence-corrected chi connectivity index (χ3v) is 3.10. The van der Waals surface area contributed by atoms with Gasteiger partial charge in [-0.1, -0.05) is 12.1 Å². The molecule has 5 heteroatoms. The molecule has 0 unspecified atom stereocenters. The van der Waals surface area contributed by atoms with Crippen LogP contribution in [0.1, 0.15) is 24.8 Å². The number of hydrogen-bond acceptors (Lipinski definition) is 2. The minimum absolute atomic E-state index is 0.0375. The van der Waals surface area contributed by atoms with Crippen molar-refractivity contribution in [2.45, 2.75) is 19.3 Å². The van der Waals surface area contributed by atoms with Gasteiger partial charge in [-0.05, 0) is 31.4 Å². The van der Waals surface area contributed by atoms with Gasteiger partial charge >= 0.3 is 6.03 Å². The molecule has 0 atom stereocenters. The summed E-state index contributed by atoms with van der Waals surface area (Å²) in [6.45, 7) is 1.60. The standard InChI is InChI=1S/C13H18N4O/c14-12(15)10-6-2-3-7-11(10)16-13(18)17-8-4-1-5-9-17/h2-3,6-7H,1,4-5,8-9H2,(H3,14,15)(H,16,18). The van der Waals surface area contributed by atoms with Gasteiger partial charge in [0.05, 0.1) is 5.69 Å². The van der Waals surface area contributed by atoms with Crippen molar-refractivity contribution in [3.05, 3.63) is 29.8 Å². The Balaban J connectivity index is 2.08. The number of piperidine rings is 1. The number of benzene rings is 1. The number of carbonyl (C=O) groups is 1. The van der Waals surface area contributed by atoms with Crippen LogP contribution in [-0.4, -0.2) is 29.9 Å². The quantitative estimate of drug-likeness (QED) is 0.551. The van der Waals surface area contributed by atoms with E-state index < -0.39 is 0 Å². The summed E-state index contributed by atoms with van der Waals surface area (Å²) in [5, 5.41) is 10.3. The molecule has 0 radical (unpaired) electrons. The third-order valence-electron chi connectivity index (χ3n) is 3.10. The van der Waals surface area contributed by atoms with Crippen LogP contribution in [0, 0.1) is 5.41 Å². The number of rotatable bonds is 2. The van der Waals surface area contributed by atoms with Gasteiger partial charge in [0.2, 0.25) is 0 Å². The van der Waals surface area contributed by atoms with Crippen LogP contribution >= 0.6 is 0 Å². The van der Waals surface area contributed by atoms with Gasteiger partial charge in [0.25, 0.3) is 0 Å². The molecule has 1 aromatic rings. The highest BCUT2D eigenvalue weighted by molar-refractivity contribution is 6.03. The van der Waals surface area contributed by atoms with Crippen LogP contribution in [0.5, 0.6) is 0 Å². The van der Waals surface area contributed by atoms with Crippen molar-refractivity contribution < 1.29 is 4.79 Å². The van der Waals surface area contributed by atoms with Crippen molar-refractivity contribution in [2.75, 3.05) is 18.4 Å². The molecule has 5 nitrogen and oxygen atoms in total. The fraction of sp³-hybridized carbons (Fsp3) is 0.385. The molecule has 1 aromatic carbocycles. The van der Waals surface area contributed by atoms with E-state index in [4.69, 9.17) is 11.1 Å². The molecule has 1 heterocycles. The number of nitrogens with one attached hydrogen (secondary N) is 2. The lowest BCUT2D eigenvalue weighted by Crippen LogP contribution is -2.39. The van der Waals surface area contributed by atoms with Crippen LogP contribution < -0.4 is 11.1 Å². The second-order valence-electron chi connectivity index (χ2n) is 4.44. The summed E-state index contributed by atoms with van der Waals surface area (Å²) in [6.07, 6.45) is 3.30. The fourth-order valence-electron chi connectivity index (χ4n) is 2.12. The van der Waals surface area contributed by atoms with Crippen LogP contribution in [0.4, 0.5) is 10.5 Å². The summed E-state index contributed by atoms with van der Waals surface area (Å²) in [7, 11) is 0. The minimum atomic E-state index is -0.108. The average molecular weight is 246 g/mol. The van der Waals surface area contributed by atoms with Crippen LogP contribution in [0.2, 0.25) is 0 Å². The maximum Gasteiger partial charge on any atom is 0.321 e. The normalized spacial score (nSPS) is 15.2. The van der Waals surface area contributed by atoms with Crippen molar-refractivity contribution in [1.82, 2.24) is 4.90 Å². The summed E-state index contributed by atoms with van der Waals surface area (Å²) in [5.41, 5.74) is 6.64. The lowest BCUT2D eigenvalue weighted by atomic mass is 10.1. The second kappa shape index (κ2) is 5.53. The van der Waals surface area contributed by atoms with E-state index in [1.165, 1.54) is 6.42 Å². The smallest absolute Gasteiger partial charge is 0.321 e. The molecule has 0 aliphatic carbocycles. The number of amidine groups is 1. The molecular weight excluding hydrogens is 228 g/mol. The van der Waals surface area contributed by atoms with Crippen LogP contribution in [0.25, 0.3) is 0 Å². The Morgan fingerprint density at radius 1 is 1.22 bits per heavy atom. The Hall–Kier alpha value is -2.04. The predicted octanol–water partition coefficient (Wildman–Crippen LogP) is 1.99. The van der Waals surface area contributed by atoms with Crippen molar-refractivity contribution in [2.24, 2.45) is 5.73 Å². The number of amides is 2. The van der Waals surface area contributed by atoms with Gasteiger partial charge in [0, 0.05) is 18.7 Å². The van der Waals surface area contributed by atoms with E-state index in [0.717, 1.165) is 25.9 Å². The molecule has 0 spiro atoms. The summed E-state index contributed by atoms with van der Waals surface area (Å²) < 4.78 is 0. The number of carbonyl (C=O) groups excluding carboxylic acids is 1. The number of urea groups is 1. The topological polar surface area (TPSA) is 82.2 Å². The second-order valence-corrected chi connectivity index (χ2v) is 4.44. The number of nitrogen functional groups attached to an aromatic ring is 1. The summed E-state index contributed by atoms with van der Waals surface area (Å²) in [5.74, 6) is -0.0375. The van der Waals surface area contributed by atoms with Gasteiger partial charge in [0.15, 0.2) is 0 Å². The highest BCUT2D eigenvalue weighted by Crippen LogP contribution is 2.16. The Bertz CT molecular complexity index is 452. The largest absolute Gasteiger partial charge is 0.384 e. The first-order valence-corrected chi connectivity index (χ1v) is 6.18. The minimum Gasteiger partial charge on any atom is -0.384 e. The molecule has 0 bridgehead atoms. The zero-order chi connectivity index (χ0) is 13.0. The molecular formula is C13H18N4O. The summed E-state index contributed by atoms with van der Waals surface area (Å²) in [6, 6.07) is 7.00. The van der Waals surface area contributed by atoms with Crippen molar-refractivity contribution >= 4 is 17.6 Å². The van der Waals surface area contributed by atoms with E-state index in [-0.39, 0.29) is 11.9 Å². The SMILES string of the molecule is N=C(N)c1ccccc1NC(=O)N1CCCCC1. The average Bonchev–Trinajstić information content (AvgIpc) is 2.40. The molecule has 1 aliphatic heterocycles. The third kappa shape index (κ3) is 2.80. The van der Waals surface area contributed by atoms with Gasteiger partial charge < -0.3 is 16.0 Å². The molecule has 2 amide bonds. The number of hydrogen-bond donors (Lipinski definition) is 3. The molecule has 2 rings (SSSR count). The van der Waals surface area contributed by atoms with E-state index in [1.54, 1.807) is 23.1 Å². The molecule has 1 fully saturated rings. The number of nitrogens with zero attached hydrogens (tertiary/aromatic N) is 1. The molecule has 1 aliphatic rings. The Morgan fingerprint density at radius 2 is 1.89 bits per heavy atom. The van der Waals surface area contributed by atoms with Gasteiger partial charge in [-0.25, -0.2) is 4.79 Å². The van der Waals surface area contributed by atoms with Crippen molar-refractivity contribution in [3.8, 4) is 0 Å². The zero-order valence-electron chi connectivity index (χ0n) is 10.3. The molecule has 0 aromatic heterocycles. The van der Waals surface area contributed by atoms with Gasteiger partial charge in [-0.15, -0.1) is 0 Å². The number of likely N-dealkylation sites (tertiary alicyclic amines) is 1. The van der Waals surface area contributed by atoms with E-state index >= 15 is 0 Å². The molecule has 0 saturated carbocycles. The Kier molecular flexibility index (Phi) is 3.82. The zero-order valence-corrected chi connectivity index (χ0v) is 10.3. The van der Waals surface area contributed by atoms with Crippen molar-refractivity contribution in [3.63, 3.8) is 0 Å². The van der Waals surface area contributed by atoms with E-state index in [1.807, 2.05) is 6.07 Å². The van der Waals surface area contributed by atoms with Gasteiger partial charge in [-0.2, -0.15) is 0 Å². The highest BCUT2D eigenvalue weighted by Gasteiger charge is 2.17. The monoisotopic (exact) mass is 246 g/mol. The number of para-hydroxylation sites is 1. The van der Waals surface area contributed by atoms with E-state index in [0.29, 0.717) is 11.3 Å². The van der Waals surface area contributed by atoms with Crippen LogP contribution in [-0.2, 0) is 0 Å². The van der Waals surface area contributed by atoms with Crippen LogP contribution in [0.3, 0.4) is 0 Å². The molecule has 96 valence electrons. The lowest BCUT2D eigenvalue weighted by molar-refractivity contribution is 0.200.